The van der Waals surface area contributed by atoms with Gasteiger partial charge in [0.05, 0.1) is 5.54 Å². The highest BCUT2D eigenvalue weighted by Crippen LogP contribution is 2.17. The van der Waals surface area contributed by atoms with E-state index in [2.05, 4.69) is 5.32 Å². The van der Waals surface area contributed by atoms with Crippen LogP contribution in [0.5, 0.6) is 0 Å². The van der Waals surface area contributed by atoms with Crippen LogP contribution in [0.1, 0.15) is 52.9 Å². The highest BCUT2D eigenvalue weighted by atomic mass is 16.2. The molecule has 1 rings (SSSR count). The van der Waals surface area contributed by atoms with Gasteiger partial charge in [-0.3, -0.25) is 9.59 Å². The Labute approximate surface area is 115 Å². The van der Waals surface area contributed by atoms with E-state index in [1.54, 1.807) is 0 Å². The number of carbonyl (C=O) groups is 2. The van der Waals surface area contributed by atoms with Gasteiger partial charge in [0.1, 0.15) is 0 Å². The van der Waals surface area contributed by atoms with Crippen LogP contribution >= 0.6 is 0 Å². The lowest BCUT2D eigenvalue weighted by atomic mass is 9.94. The Morgan fingerprint density at radius 3 is 2.37 bits per heavy atom. The number of nitrogens with two attached hydrogens (primary N) is 1. The van der Waals surface area contributed by atoms with Crippen LogP contribution < -0.4 is 11.1 Å². The molecule has 0 spiro atoms. The van der Waals surface area contributed by atoms with Crippen molar-refractivity contribution >= 4 is 11.8 Å². The van der Waals surface area contributed by atoms with Gasteiger partial charge in [-0.25, -0.2) is 0 Å². The summed E-state index contributed by atoms with van der Waals surface area (Å²) in [7, 11) is 0. The number of nitrogens with zero attached hydrogens (tertiary/aromatic N) is 1. The van der Waals surface area contributed by atoms with Gasteiger partial charge in [-0.15, -0.1) is 0 Å². The van der Waals surface area contributed by atoms with Crippen LogP contribution in [0.3, 0.4) is 0 Å². The first-order chi connectivity index (χ1) is 8.90. The first kappa shape index (κ1) is 16.0. The molecule has 0 bridgehead atoms. The third kappa shape index (κ3) is 4.49. The summed E-state index contributed by atoms with van der Waals surface area (Å²) in [6.07, 6.45) is 3.76. The summed E-state index contributed by atoms with van der Waals surface area (Å²) in [5.74, 6) is 0.119. The normalized spacial score (nSPS) is 19.9. The summed E-state index contributed by atoms with van der Waals surface area (Å²) in [6.45, 7) is 7.06. The van der Waals surface area contributed by atoms with E-state index >= 15 is 0 Å². The molecule has 1 unspecified atom stereocenters. The largest absolute Gasteiger partial charge is 0.353 e. The minimum Gasteiger partial charge on any atom is -0.353 e. The molecule has 0 aromatic heterocycles. The highest BCUT2D eigenvalue weighted by molar-refractivity contribution is 5.85. The summed E-state index contributed by atoms with van der Waals surface area (Å²) >= 11 is 0. The van der Waals surface area contributed by atoms with E-state index in [9.17, 15) is 9.59 Å². The zero-order chi connectivity index (χ0) is 14.5. The standard InChI is InChI=1S/C14H27N3O2/c1-4-8-14(3,15)13(19)17-9-6-11(7-10-17)16-12(18)5-2/h11H,4-10,15H2,1-3H3,(H,16,18). The SMILES string of the molecule is CCCC(C)(N)C(=O)N1CCC(NC(=O)CC)CC1. The van der Waals surface area contributed by atoms with Crippen molar-refractivity contribution in [1.82, 2.24) is 10.2 Å². The molecule has 1 saturated heterocycles. The number of piperidine rings is 1. The minimum absolute atomic E-state index is 0.0367. The van der Waals surface area contributed by atoms with Crippen LogP contribution in [0, 0.1) is 0 Å². The molecule has 0 radical (unpaired) electrons. The third-order valence-corrected chi connectivity index (χ3v) is 3.73. The van der Waals surface area contributed by atoms with Crippen LogP contribution in [-0.4, -0.2) is 41.4 Å². The molecule has 1 aliphatic heterocycles. The summed E-state index contributed by atoms with van der Waals surface area (Å²) in [5.41, 5.74) is 5.32. The summed E-state index contributed by atoms with van der Waals surface area (Å²) in [4.78, 5) is 25.5. The predicted molar refractivity (Wildman–Crippen MR) is 75.5 cm³/mol. The van der Waals surface area contributed by atoms with Crippen molar-refractivity contribution < 1.29 is 9.59 Å². The Morgan fingerprint density at radius 2 is 1.89 bits per heavy atom. The fourth-order valence-electron chi connectivity index (χ4n) is 2.54. The number of amides is 2. The van der Waals surface area contributed by atoms with Crippen molar-refractivity contribution in [2.24, 2.45) is 5.73 Å². The van der Waals surface area contributed by atoms with Crippen molar-refractivity contribution in [2.45, 2.75) is 64.5 Å². The molecule has 5 nitrogen and oxygen atoms in total. The quantitative estimate of drug-likeness (QED) is 0.782. The van der Waals surface area contributed by atoms with Crippen molar-refractivity contribution in [3.63, 3.8) is 0 Å². The number of hydrogen-bond donors (Lipinski definition) is 2. The van der Waals surface area contributed by atoms with E-state index in [-0.39, 0.29) is 17.9 Å². The topological polar surface area (TPSA) is 75.4 Å². The summed E-state index contributed by atoms with van der Waals surface area (Å²) in [5, 5.41) is 2.98. The van der Waals surface area contributed by atoms with Crippen LogP contribution in [0.4, 0.5) is 0 Å². The van der Waals surface area contributed by atoms with Crippen LogP contribution in [0.25, 0.3) is 0 Å². The lowest BCUT2D eigenvalue weighted by Crippen LogP contribution is -2.56. The molecule has 1 atom stereocenters. The van der Waals surface area contributed by atoms with E-state index in [0.29, 0.717) is 25.9 Å². The summed E-state index contributed by atoms with van der Waals surface area (Å²) in [6, 6.07) is 0.201. The van der Waals surface area contributed by atoms with E-state index in [4.69, 9.17) is 5.73 Å². The van der Waals surface area contributed by atoms with E-state index in [1.165, 1.54) is 0 Å². The second kappa shape index (κ2) is 6.89. The Morgan fingerprint density at radius 1 is 1.32 bits per heavy atom. The van der Waals surface area contributed by atoms with Crippen LogP contribution in [0.15, 0.2) is 0 Å². The van der Waals surface area contributed by atoms with E-state index in [0.717, 1.165) is 19.3 Å². The lowest BCUT2D eigenvalue weighted by Gasteiger charge is -2.37. The molecule has 3 N–H and O–H groups in total. The maximum Gasteiger partial charge on any atom is 0.242 e. The van der Waals surface area contributed by atoms with Crippen molar-refractivity contribution in [2.75, 3.05) is 13.1 Å². The first-order valence-electron chi connectivity index (χ1n) is 7.28. The van der Waals surface area contributed by atoms with Gasteiger partial charge in [-0.2, -0.15) is 0 Å². The lowest BCUT2D eigenvalue weighted by molar-refractivity contribution is -0.137. The molecule has 1 heterocycles. The summed E-state index contributed by atoms with van der Waals surface area (Å²) < 4.78 is 0. The Bertz CT molecular complexity index is 321. The molecule has 2 amide bonds. The van der Waals surface area contributed by atoms with Gasteiger partial charge in [0.2, 0.25) is 11.8 Å². The maximum absolute atomic E-state index is 12.3. The van der Waals surface area contributed by atoms with Gasteiger partial charge in [-0.1, -0.05) is 20.3 Å². The zero-order valence-corrected chi connectivity index (χ0v) is 12.4. The average Bonchev–Trinajstić information content (AvgIpc) is 2.38. The van der Waals surface area contributed by atoms with Gasteiger partial charge in [-0.05, 0) is 26.2 Å². The third-order valence-electron chi connectivity index (χ3n) is 3.73. The first-order valence-corrected chi connectivity index (χ1v) is 7.28. The maximum atomic E-state index is 12.3. The zero-order valence-electron chi connectivity index (χ0n) is 12.4. The fourth-order valence-corrected chi connectivity index (χ4v) is 2.54. The van der Waals surface area contributed by atoms with Gasteiger partial charge in [0.15, 0.2) is 0 Å². The molecular weight excluding hydrogens is 242 g/mol. The van der Waals surface area contributed by atoms with Gasteiger partial charge < -0.3 is 16.0 Å². The van der Waals surface area contributed by atoms with Gasteiger partial charge in [0.25, 0.3) is 0 Å². The number of likely N-dealkylation sites (tertiary alicyclic amines) is 1. The monoisotopic (exact) mass is 269 g/mol. The second-order valence-electron chi connectivity index (χ2n) is 5.66. The number of nitrogens with one attached hydrogen (secondary N) is 1. The molecule has 110 valence electrons. The number of rotatable bonds is 5. The molecule has 0 aromatic rings. The Hall–Kier alpha value is -1.10. The molecule has 1 aliphatic rings. The Kier molecular flexibility index (Phi) is 5.79. The van der Waals surface area contributed by atoms with E-state index < -0.39 is 5.54 Å². The fraction of sp³-hybridized carbons (Fsp3) is 0.857. The molecule has 0 saturated carbocycles. The molecule has 1 fully saturated rings. The van der Waals surface area contributed by atoms with Crippen molar-refractivity contribution in [3.05, 3.63) is 0 Å². The van der Waals surface area contributed by atoms with Crippen molar-refractivity contribution in [1.29, 1.82) is 0 Å². The molecule has 5 heteroatoms. The minimum atomic E-state index is -0.756. The van der Waals surface area contributed by atoms with Gasteiger partial charge >= 0.3 is 0 Å². The highest BCUT2D eigenvalue weighted by Gasteiger charge is 2.33. The number of hydrogen-bond acceptors (Lipinski definition) is 3. The molecule has 0 aromatic carbocycles. The number of carbonyl (C=O) groups excluding carboxylic acids is 2. The van der Waals surface area contributed by atoms with Gasteiger partial charge in [0, 0.05) is 25.6 Å². The molecule has 19 heavy (non-hydrogen) atoms. The smallest absolute Gasteiger partial charge is 0.242 e. The molecule has 0 aliphatic carbocycles. The Balaban J connectivity index is 2.45. The average molecular weight is 269 g/mol. The predicted octanol–water partition coefficient (Wildman–Crippen LogP) is 1.02. The van der Waals surface area contributed by atoms with E-state index in [1.807, 2.05) is 25.7 Å². The molecular formula is C14H27N3O2. The second-order valence-corrected chi connectivity index (χ2v) is 5.66. The van der Waals surface area contributed by atoms with Crippen molar-refractivity contribution in [3.8, 4) is 0 Å². The van der Waals surface area contributed by atoms with Crippen LogP contribution in [0.2, 0.25) is 0 Å². The van der Waals surface area contributed by atoms with Crippen LogP contribution in [-0.2, 0) is 9.59 Å².